The van der Waals surface area contributed by atoms with E-state index in [1.54, 1.807) is 31.2 Å². The summed E-state index contributed by atoms with van der Waals surface area (Å²) in [6, 6.07) is 21.6. The van der Waals surface area contributed by atoms with E-state index in [9.17, 15) is 1.37 Å². The van der Waals surface area contributed by atoms with Crippen molar-refractivity contribution in [3.63, 3.8) is 0 Å². The van der Waals surface area contributed by atoms with Gasteiger partial charge in [0.1, 0.15) is 11.2 Å². The third kappa shape index (κ3) is 5.05. The van der Waals surface area contributed by atoms with Gasteiger partial charge in [0, 0.05) is 36.2 Å². The predicted octanol–water partition coefficient (Wildman–Crippen LogP) is 12.2. The zero-order chi connectivity index (χ0) is 39.2. The average molecular weight is 588 g/mol. The largest absolute Gasteiger partial charge is 0.455 e. The van der Waals surface area contributed by atoms with Crippen molar-refractivity contribution >= 4 is 21.9 Å². The van der Waals surface area contributed by atoms with Gasteiger partial charge in [-0.15, -0.1) is 0 Å². The summed E-state index contributed by atoms with van der Waals surface area (Å²) >= 11 is 0. The van der Waals surface area contributed by atoms with Crippen LogP contribution in [0, 0.1) is 39.8 Å². The number of benzene rings is 4. The number of furan rings is 1. The fourth-order valence-electron chi connectivity index (χ4n) is 6.87. The molecule has 1 aliphatic rings. The quantitative estimate of drug-likeness (QED) is 0.205. The molecule has 0 bridgehead atoms. The molecule has 2 heterocycles. The molecule has 0 radical (unpaired) electrons. The van der Waals surface area contributed by atoms with Gasteiger partial charge >= 0.3 is 0 Å². The van der Waals surface area contributed by atoms with Crippen LogP contribution in [0.1, 0.15) is 92.5 Å². The summed E-state index contributed by atoms with van der Waals surface area (Å²) in [5.74, 6) is -0.658. The second-order valence-electron chi connectivity index (χ2n) is 13.1. The topological polar surface area (TPSA) is 26.0 Å². The van der Waals surface area contributed by atoms with Gasteiger partial charge in [-0.2, -0.15) is 0 Å². The minimum absolute atomic E-state index is 0.0189. The standard InChI is InChI=1S/C42H43NO/c1-25-19-26(2)40-35-10-8-9-34(41(35)44-38(40)20-25)37-23-36(29(5)24-43-37)39-27(3)21-33(22-28(39)4)31-13-11-30(12-14-31)32-15-17-42(6,7)18-16-32/h8-14,19-24,32H,15-18H2,1-7H3/i1D3,3D3,5D3,32D. The van der Waals surface area contributed by atoms with Crippen LogP contribution >= 0.6 is 0 Å². The molecule has 7 rings (SSSR count). The van der Waals surface area contributed by atoms with Crippen LogP contribution in [-0.4, -0.2) is 4.98 Å². The van der Waals surface area contributed by atoms with Gasteiger partial charge in [0.2, 0.25) is 0 Å². The van der Waals surface area contributed by atoms with Crippen LogP contribution in [-0.2, 0) is 0 Å². The van der Waals surface area contributed by atoms with E-state index in [0.29, 0.717) is 39.1 Å². The van der Waals surface area contributed by atoms with Crippen LogP contribution in [0.15, 0.2) is 83.4 Å². The maximum atomic E-state index is 9.20. The van der Waals surface area contributed by atoms with Gasteiger partial charge < -0.3 is 4.42 Å². The molecule has 222 valence electrons. The molecule has 0 aliphatic heterocycles. The maximum Gasteiger partial charge on any atom is 0.144 e. The molecule has 0 atom stereocenters. The zero-order valence-electron chi connectivity index (χ0n) is 35.7. The molecular weight excluding hydrogens is 534 g/mol. The first-order chi connectivity index (χ1) is 25.1. The Morgan fingerprint density at radius 1 is 0.795 bits per heavy atom. The lowest BCUT2D eigenvalue weighted by Gasteiger charge is -2.34. The third-order valence-electron chi connectivity index (χ3n) is 9.41. The van der Waals surface area contributed by atoms with Crippen molar-refractivity contribution in [2.45, 2.75) is 79.8 Å². The van der Waals surface area contributed by atoms with Gasteiger partial charge in [0.25, 0.3) is 0 Å². The smallest absolute Gasteiger partial charge is 0.144 e. The molecule has 2 aromatic heterocycles. The second-order valence-corrected chi connectivity index (χ2v) is 13.1. The van der Waals surface area contributed by atoms with E-state index < -0.39 is 26.4 Å². The lowest BCUT2D eigenvalue weighted by atomic mass is 9.71. The number of hydrogen-bond donors (Lipinski definition) is 0. The fraction of sp³-hybridized carbons (Fsp3) is 0.310. The van der Waals surface area contributed by atoms with Gasteiger partial charge in [-0.3, -0.25) is 4.98 Å². The third-order valence-corrected chi connectivity index (χ3v) is 9.41. The van der Waals surface area contributed by atoms with Crippen LogP contribution in [0.5, 0.6) is 0 Å². The highest BCUT2D eigenvalue weighted by Crippen LogP contribution is 2.43. The van der Waals surface area contributed by atoms with Crippen molar-refractivity contribution in [2.24, 2.45) is 5.41 Å². The minimum Gasteiger partial charge on any atom is -0.455 e. The first-order valence-corrected chi connectivity index (χ1v) is 15.3. The number of para-hydroxylation sites is 1. The molecule has 0 N–H and O–H groups in total. The summed E-state index contributed by atoms with van der Waals surface area (Å²) in [6.07, 6.45) is 4.82. The van der Waals surface area contributed by atoms with Crippen molar-refractivity contribution in [3.8, 4) is 33.5 Å². The van der Waals surface area contributed by atoms with E-state index in [4.69, 9.17) is 16.8 Å². The molecule has 6 aromatic rings. The molecule has 2 nitrogen and oxygen atoms in total. The highest BCUT2D eigenvalue weighted by molar-refractivity contribution is 6.11. The number of aryl methyl sites for hydroxylation is 5. The molecule has 0 amide bonds. The Morgan fingerprint density at radius 3 is 2.32 bits per heavy atom. The van der Waals surface area contributed by atoms with Crippen LogP contribution in [0.25, 0.3) is 55.4 Å². The Kier molecular flexibility index (Phi) is 4.72. The molecule has 1 fully saturated rings. The first-order valence-electron chi connectivity index (χ1n) is 20.3. The number of nitrogens with zero attached hydrogens (tertiary/aromatic N) is 1. The SMILES string of the molecule is [2H]C([2H])([2H])c1cc(C)c2c(c1)oc1c(-c3cc(-c4c(C)cc(-c5ccc(C6([2H])CCC(C)(C)CC6)cc5)cc4C([2H])([2H])[2H])c(C([2H])([2H])[2H])cn3)cccc12. The van der Waals surface area contributed by atoms with Crippen LogP contribution in [0.2, 0.25) is 0 Å². The fourth-order valence-corrected chi connectivity index (χ4v) is 6.87. The van der Waals surface area contributed by atoms with Gasteiger partial charge in [0.05, 0.1) is 5.69 Å². The van der Waals surface area contributed by atoms with Gasteiger partial charge in [-0.05, 0) is 145 Å². The lowest BCUT2D eigenvalue weighted by Crippen LogP contribution is -2.20. The van der Waals surface area contributed by atoms with Gasteiger partial charge in [-0.1, -0.05) is 68.4 Å². The summed E-state index contributed by atoms with van der Waals surface area (Å²) in [6.45, 7) is 0.600. The average Bonchev–Trinajstić information content (AvgIpc) is 3.47. The summed E-state index contributed by atoms with van der Waals surface area (Å²) in [5, 5.41) is 1.52. The van der Waals surface area contributed by atoms with E-state index >= 15 is 0 Å². The molecule has 0 saturated heterocycles. The van der Waals surface area contributed by atoms with Crippen molar-refractivity contribution in [3.05, 3.63) is 112 Å². The van der Waals surface area contributed by atoms with Gasteiger partial charge in [-0.25, -0.2) is 0 Å². The lowest BCUT2D eigenvalue weighted by molar-refractivity contribution is 0.224. The Labute approximate surface area is 276 Å². The maximum absolute atomic E-state index is 9.20. The van der Waals surface area contributed by atoms with Crippen molar-refractivity contribution in [2.75, 3.05) is 0 Å². The molecular formula is C42H43NO. The normalized spacial score (nSPS) is 20.3. The molecule has 0 spiro atoms. The monoisotopic (exact) mass is 587 g/mol. The van der Waals surface area contributed by atoms with E-state index in [1.807, 2.05) is 49.4 Å². The number of pyridine rings is 1. The molecule has 1 saturated carbocycles. The number of aromatic nitrogens is 1. The van der Waals surface area contributed by atoms with Crippen LogP contribution < -0.4 is 0 Å². The zero-order valence-corrected chi connectivity index (χ0v) is 25.7. The van der Waals surface area contributed by atoms with E-state index in [0.717, 1.165) is 53.1 Å². The molecule has 4 aromatic carbocycles. The Morgan fingerprint density at radius 2 is 1.57 bits per heavy atom. The van der Waals surface area contributed by atoms with Crippen molar-refractivity contribution < 1.29 is 18.1 Å². The molecule has 2 heteroatoms. The van der Waals surface area contributed by atoms with Crippen molar-refractivity contribution in [1.82, 2.24) is 4.98 Å². The molecule has 0 unspecified atom stereocenters. The van der Waals surface area contributed by atoms with Gasteiger partial charge in [0.15, 0.2) is 0 Å². The Bertz CT molecular complexity index is 2400. The van der Waals surface area contributed by atoms with Crippen molar-refractivity contribution in [1.29, 1.82) is 0 Å². The summed E-state index contributed by atoms with van der Waals surface area (Å²) in [7, 11) is 0. The summed E-state index contributed by atoms with van der Waals surface area (Å²) in [5.41, 5.74) is 6.43. The molecule has 1 aliphatic carbocycles. The number of fused-ring (bicyclic) bond motifs is 3. The minimum atomic E-state index is -2.61. The predicted molar refractivity (Wildman–Crippen MR) is 186 cm³/mol. The summed E-state index contributed by atoms with van der Waals surface area (Å²) < 4.78 is 90.5. The van der Waals surface area contributed by atoms with Crippen LogP contribution in [0.4, 0.5) is 0 Å². The number of rotatable bonds is 4. The van der Waals surface area contributed by atoms with Crippen LogP contribution in [0.3, 0.4) is 0 Å². The Balaban J connectivity index is 1.37. The van der Waals surface area contributed by atoms with E-state index in [1.165, 1.54) is 12.3 Å². The first kappa shape index (κ1) is 19.3. The number of hydrogen-bond acceptors (Lipinski definition) is 2. The highest BCUT2D eigenvalue weighted by atomic mass is 16.3. The Hall–Kier alpha value is -4.17. The highest BCUT2D eigenvalue weighted by Gasteiger charge is 2.27. The summed E-state index contributed by atoms with van der Waals surface area (Å²) in [4.78, 5) is 4.58. The molecule has 44 heavy (non-hydrogen) atoms. The van der Waals surface area contributed by atoms with E-state index in [-0.39, 0.29) is 27.7 Å². The van der Waals surface area contributed by atoms with E-state index in [2.05, 4.69) is 18.8 Å². The second kappa shape index (κ2) is 10.8.